The Morgan fingerprint density at radius 3 is 2.31 bits per heavy atom. The highest BCUT2D eigenvalue weighted by Crippen LogP contribution is 2.10. The molecule has 0 aliphatic carbocycles. The van der Waals surface area contributed by atoms with Crippen LogP contribution in [0.3, 0.4) is 0 Å². The highest BCUT2D eigenvalue weighted by atomic mass is 16.1. The molecule has 0 spiro atoms. The topological polar surface area (TPSA) is 20.3 Å². The Labute approximate surface area is 78.5 Å². The lowest BCUT2D eigenvalue weighted by Gasteiger charge is -2.06. The number of allylic oxidation sites excluding steroid dienone is 1. The molecule has 1 aromatic carbocycles. The molecule has 0 saturated carbocycles. The zero-order valence-electron chi connectivity index (χ0n) is 7.90. The largest absolute Gasteiger partial charge is 0.383 e. The number of rotatable bonds is 3. The van der Waals surface area contributed by atoms with Crippen LogP contribution in [-0.4, -0.2) is 25.3 Å². The van der Waals surface area contributed by atoms with Gasteiger partial charge in [-0.2, -0.15) is 0 Å². The van der Waals surface area contributed by atoms with E-state index in [2.05, 4.69) is 0 Å². The molecule has 0 aromatic heterocycles. The Morgan fingerprint density at radius 2 is 1.85 bits per heavy atom. The van der Waals surface area contributed by atoms with Gasteiger partial charge < -0.3 is 4.90 Å². The van der Waals surface area contributed by atoms with E-state index in [1.807, 2.05) is 55.5 Å². The van der Waals surface area contributed by atoms with Gasteiger partial charge in [0.2, 0.25) is 0 Å². The first-order valence-electron chi connectivity index (χ1n) is 4.13. The summed E-state index contributed by atoms with van der Waals surface area (Å²) in [5.41, 5.74) is 1.65. The molecule has 0 aliphatic rings. The zero-order valence-corrected chi connectivity index (χ0v) is 7.90. The molecule has 0 unspecified atom stereocenters. The first-order valence-corrected chi connectivity index (χ1v) is 4.13. The maximum Gasteiger partial charge on any atom is 0.152 e. The van der Waals surface area contributed by atoms with Crippen molar-refractivity contribution in [2.75, 3.05) is 14.1 Å². The summed E-state index contributed by atoms with van der Waals surface area (Å²) in [6.07, 6.45) is 2.68. The van der Waals surface area contributed by atoms with Crippen molar-refractivity contribution >= 4 is 11.9 Å². The average Bonchev–Trinajstić information content (AvgIpc) is 2.15. The molecule has 0 amide bonds. The quantitative estimate of drug-likeness (QED) is 0.515. The molecule has 1 rings (SSSR count). The number of hydrogen-bond acceptors (Lipinski definition) is 2. The highest BCUT2D eigenvalue weighted by molar-refractivity contribution is 6.06. The van der Waals surface area contributed by atoms with Crippen LogP contribution in [0, 0.1) is 0 Å². The van der Waals surface area contributed by atoms with Gasteiger partial charge in [-0.3, -0.25) is 4.79 Å². The molecule has 2 heteroatoms. The van der Waals surface area contributed by atoms with E-state index in [4.69, 9.17) is 0 Å². The lowest BCUT2D eigenvalue weighted by atomic mass is 10.1. The third-order valence-corrected chi connectivity index (χ3v) is 1.63. The third-order valence-electron chi connectivity index (χ3n) is 1.63. The monoisotopic (exact) mass is 175 g/mol. The van der Waals surface area contributed by atoms with E-state index in [0.29, 0.717) is 5.57 Å². The summed E-state index contributed by atoms with van der Waals surface area (Å²) >= 11 is 0. The van der Waals surface area contributed by atoms with Crippen molar-refractivity contribution in [2.45, 2.75) is 0 Å². The molecular weight excluding hydrogens is 162 g/mol. The van der Waals surface area contributed by atoms with E-state index < -0.39 is 0 Å². The summed E-state index contributed by atoms with van der Waals surface area (Å²) in [5, 5.41) is 0. The summed E-state index contributed by atoms with van der Waals surface area (Å²) in [6.45, 7) is 0. The molecule has 68 valence electrons. The second-order valence-electron chi connectivity index (χ2n) is 3.03. The van der Waals surface area contributed by atoms with E-state index >= 15 is 0 Å². The van der Waals surface area contributed by atoms with Crippen molar-refractivity contribution in [3.05, 3.63) is 42.1 Å². The lowest BCUT2D eigenvalue weighted by molar-refractivity contribution is -0.103. The SMILES string of the molecule is CN(C)C=C(C=O)c1ccccc1. The Bertz CT molecular complexity index is 301. The van der Waals surface area contributed by atoms with Crippen LogP contribution in [0.5, 0.6) is 0 Å². The molecular formula is C11H13NO. The molecule has 1 aromatic rings. The van der Waals surface area contributed by atoms with Crippen molar-refractivity contribution in [2.24, 2.45) is 0 Å². The van der Waals surface area contributed by atoms with Crippen LogP contribution in [0.1, 0.15) is 5.56 Å². The van der Waals surface area contributed by atoms with Crippen molar-refractivity contribution < 1.29 is 4.79 Å². The number of carbonyl (C=O) groups is 1. The maximum absolute atomic E-state index is 10.7. The minimum atomic E-state index is 0.700. The van der Waals surface area contributed by atoms with Crippen LogP contribution in [0.2, 0.25) is 0 Å². The number of carbonyl (C=O) groups excluding carboxylic acids is 1. The van der Waals surface area contributed by atoms with Crippen molar-refractivity contribution in [1.82, 2.24) is 4.90 Å². The molecule has 0 aliphatic heterocycles. The van der Waals surface area contributed by atoms with Gasteiger partial charge in [0.1, 0.15) is 0 Å². The molecule has 2 nitrogen and oxygen atoms in total. The van der Waals surface area contributed by atoms with E-state index in [0.717, 1.165) is 11.8 Å². The van der Waals surface area contributed by atoms with Crippen LogP contribution in [0.15, 0.2) is 36.5 Å². The molecule has 0 N–H and O–H groups in total. The summed E-state index contributed by atoms with van der Waals surface area (Å²) < 4.78 is 0. The lowest BCUT2D eigenvalue weighted by Crippen LogP contribution is -2.03. The predicted octanol–water partition coefficient (Wildman–Crippen LogP) is 1.79. The van der Waals surface area contributed by atoms with Crippen LogP contribution in [0.25, 0.3) is 5.57 Å². The van der Waals surface area contributed by atoms with Crippen LogP contribution in [0.4, 0.5) is 0 Å². The van der Waals surface area contributed by atoms with E-state index in [1.54, 1.807) is 0 Å². The van der Waals surface area contributed by atoms with Gasteiger partial charge in [0, 0.05) is 25.9 Å². The molecule has 0 fully saturated rings. The molecule has 13 heavy (non-hydrogen) atoms. The standard InChI is InChI=1S/C11H13NO/c1-12(2)8-11(9-13)10-6-4-3-5-7-10/h3-9H,1-2H3. The Hall–Kier alpha value is -1.57. The Balaban J connectivity index is 2.98. The minimum absolute atomic E-state index is 0.700. The summed E-state index contributed by atoms with van der Waals surface area (Å²) in [7, 11) is 3.79. The van der Waals surface area contributed by atoms with Gasteiger partial charge in [0.15, 0.2) is 6.29 Å². The fourth-order valence-electron chi connectivity index (χ4n) is 1.08. The number of benzene rings is 1. The maximum atomic E-state index is 10.7. The number of hydrogen-bond donors (Lipinski definition) is 0. The predicted molar refractivity (Wildman–Crippen MR) is 54.2 cm³/mol. The molecule has 0 heterocycles. The van der Waals surface area contributed by atoms with Gasteiger partial charge in [0.25, 0.3) is 0 Å². The fourth-order valence-corrected chi connectivity index (χ4v) is 1.08. The second-order valence-corrected chi connectivity index (χ2v) is 3.03. The number of aldehydes is 1. The van der Waals surface area contributed by atoms with E-state index in [-0.39, 0.29) is 0 Å². The van der Waals surface area contributed by atoms with E-state index in [1.165, 1.54) is 0 Å². The smallest absolute Gasteiger partial charge is 0.152 e. The Kier molecular flexibility index (Phi) is 3.26. The van der Waals surface area contributed by atoms with Crippen LogP contribution in [-0.2, 0) is 4.79 Å². The second kappa shape index (κ2) is 4.45. The normalized spacial score (nSPS) is 11.1. The van der Waals surface area contributed by atoms with Crippen LogP contribution >= 0.6 is 0 Å². The van der Waals surface area contributed by atoms with Crippen molar-refractivity contribution in [1.29, 1.82) is 0 Å². The van der Waals surface area contributed by atoms with Crippen molar-refractivity contribution in [3.63, 3.8) is 0 Å². The first-order chi connectivity index (χ1) is 6.24. The summed E-state index contributed by atoms with van der Waals surface area (Å²) in [6, 6.07) is 9.61. The molecule has 0 saturated heterocycles. The number of nitrogens with zero attached hydrogens (tertiary/aromatic N) is 1. The van der Waals surface area contributed by atoms with Crippen molar-refractivity contribution in [3.8, 4) is 0 Å². The molecule has 0 bridgehead atoms. The van der Waals surface area contributed by atoms with E-state index in [9.17, 15) is 4.79 Å². The first kappa shape index (κ1) is 9.52. The zero-order chi connectivity index (χ0) is 9.68. The minimum Gasteiger partial charge on any atom is -0.383 e. The highest BCUT2D eigenvalue weighted by Gasteiger charge is 1.98. The van der Waals surface area contributed by atoms with Gasteiger partial charge >= 0.3 is 0 Å². The Morgan fingerprint density at radius 1 is 1.23 bits per heavy atom. The van der Waals surface area contributed by atoms with Gasteiger partial charge in [0.05, 0.1) is 0 Å². The van der Waals surface area contributed by atoms with Gasteiger partial charge in [-0.05, 0) is 5.56 Å². The molecule has 0 atom stereocenters. The average molecular weight is 175 g/mol. The van der Waals surface area contributed by atoms with Gasteiger partial charge in [-0.15, -0.1) is 0 Å². The fraction of sp³-hybridized carbons (Fsp3) is 0.182. The van der Waals surface area contributed by atoms with Gasteiger partial charge in [-0.1, -0.05) is 30.3 Å². The van der Waals surface area contributed by atoms with Crippen LogP contribution < -0.4 is 0 Å². The summed E-state index contributed by atoms with van der Waals surface area (Å²) in [5.74, 6) is 0. The third kappa shape index (κ3) is 2.75. The summed E-state index contributed by atoms with van der Waals surface area (Å²) in [4.78, 5) is 12.6. The van der Waals surface area contributed by atoms with Gasteiger partial charge in [-0.25, -0.2) is 0 Å². The molecule has 0 radical (unpaired) electrons.